The molecule has 1 aliphatic rings. The number of sulfonamides is 1. The summed E-state index contributed by atoms with van der Waals surface area (Å²) in [5, 5.41) is 20.8. The van der Waals surface area contributed by atoms with Crippen molar-refractivity contribution in [2.45, 2.75) is 44.1 Å². The Balaban J connectivity index is 1.43. The lowest BCUT2D eigenvalue weighted by Gasteiger charge is -2.38. The van der Waals surface area contributed by atoms with E-state index in [-0.39, 0.29) is 35.2 Å². The first-order valence-electron chi connectivity index (χ1n) is 17.0. The number of amides is 3. The zero-order valence-electron chi connectivity index (χ0n) is 29.7. The normalized spacial score (nSPS) is 16.4. The van der Waals surface area contributed by atoms with E-state index in [0.29, 0.717) is 25.4 Å². The molecule has 3 amide bonds. The van der Waals surface area contributed by atoms with Crippen LogP contribution in [0.1, 0.15) is 50.4 Å². The summed E-state index contributed by atoms with van der Waals surface area (Å²) >= 11 is 0. The second-order valence-electron chi connectivity index (χ2n) is 12.9. The zero-order chi connectivity index (χ0) is 37.4. The molecule has 1 heterocycles. The van der Waals surface area contributed by atoms with Crippen molar-refractivity contribution in [3.05, 3.63) is 131 Å². The smallest absolute Gasteiger partial charge is 0.251 e. The molecule has 274 valence electrons. The molecule has 0 spiro atoms. The van der Waals surface area contributed by atoms with Crippen LogP contribution < -0.4 is 25.0 Å². The first-order chi connectivity index (χ1) is 24.8. The van der Waals surface area contributed by atoms with E-state index in [9.17, 15) is 27.9 Å². The first-order valence-corrected chi connectivity index (χ1v) is 18.8. The van der Waals surface area contributed by atoms with Crippen molar-refractivity contribution in [3.63, 3.8) is 0 Å². The lowest BCUT2D eigenvalue weighted by molar-refractivity contribution is -0.140. The number of hydrogen-bond acceptors (Lipinski definition) is 8. The maximum Gasteiger partial charge on any atom is 0.251 e. The molecule has 4 N–H and O–H groups in total. The van der Waals surface area contributed by atoms with Gasteiger partial charge in [-0.3, -0.25) is 18.7 Å². The predicted octanol–water partition coefficient (Wildman–Crippen LogP) is 3.28. The number of aliphatic hydroxyl groups excluding tert-OH is 1. The van der Waals surface area contributed by atoms with Gasteiger partial charge in [0.05, 0.1) is 37.2 Å². The average molecular weight is 728 g/mol. The summed E-state index contributed by atoms with van der Waals surface area (Å²) in [6.07, 6.45) is -0.157. The molecule has 0 unspecified atom stereocenters. The number of carbonyl (C=O) groups is 3. The number of nitrogens with zero attached hydrogens (tertiary/aromatic N) is 2. The van der Waals surface area contributed by atoms with Crippen molar-refractivity contribution in [2.75, 3.05) is 37.8 Å². The molecule has 1 saturated heterocycles. The second-order valence-corrected chi connectivity index (χ2v) is 14.9. The minimum Gasteiger partial charge on any atom is -0.497 e. The number of carbonyl (C=O) groups excluding carboxylic acids is 3. The fraction of sp³-hybridized carbons (Fsp3) is 0.308. The van der Waals surface area contributed by atoms with Crippen molar-refractivity contribution in [2.24, 2.45) is 0 Å². The van der Waals surface area contributed by atoms with Gasteiger partial charge >= 0.3 is 0 Å². The molecule has 12 nitrogen and oxygen atoms in total. The number of hydrogen-bond donors (Lipinski definition) is 4. The maximum atomic E-state index is 14.1. The van der Waals surface area contributed by atoms with Gasteiger partial charge in [0.15, 0.2) is 0 Å². The molecule has 0 aromatic heterocycles. The summed E-state index contributed by atoms with van der Waals surface area (Å²) in [6, 6.07) is 27.8. The van der Waals surface area contributed by atoms with Gasteiger partial charge in [-0.05, 0) is 60.4 Å². The van der Waals surface area contributed by atoms with E-state index in [1.54, 1.807) is 12.0 Å². The van der Waals surface area contributed by atoms with Crippen LogP contribution in [0.5, 0.6) is 5.75 Å². The molecule has 0 saturated carbocycles. The third-order valence-electron chi connectivity index (χ3n) is 9.15. The van der Waals surface area contributed by atoms with E-state index in [0.717, 1.165) is 27.3 Å². The van der Waals surface area contributed by atoms with Crippen molar-refractivity contribution < 1.29 is 32.6 Å². The van der Waals surface area contributed by atoms with Crippen LogP contribution in [0.2, 0.25) is 0 Å². The molecular formula is C39H45N5O7S. The van der Waals surface area contributed by atoms with Crippen LogP contribution in [0, 0.1) is 0 Å². The lowest BCUT2D eigenvalue weighted by Crippen LogP contribution is -2.63. The Kier molecular flexibility index (Phi) is 12.3. The summed E-state index contributed by atoms with van der Waals surface area (Å²) in [5.41, 5.74) is 2.71. The molecule has 52 heavy (non-hydrogen) atoms. The lowest BCUT2D eigenvalue weighted by atomic mass is 9.94. The van der Waals surface area contributed by atoms with Crippen molar-refractivity contribution in [1.82, 2.24) is 20.9 Å². The number of rotatable bonds is 14. The van der Waals surface area contributed by atoms with Gasteiger partial charge in [-0.25, -0.2) is 8.42 Å². The minimum atomic E-state index is -3.76. The monoisotopic (exact) mass is 727 g/mol. The molecule has 1 fully saturated rings. The molecule has 4 aromatic rings. The SMILES string of the molecule is COc1cccc(CN2CCN[C@@H]([C@@H](O)[C@H](Cc3ccccc3)NC(=O)c3cc(C(=O)N[C@H](C)c4ccccc4)cc(N(C)S(C)(=O)=O)c3)C2=O)c1. The van der Waals surface area contributed by atoms with E-state index in [1.165, 1.54) is 25.2 Å². The van der Waals surface area contributed by atoms with E-state index in [1.807, 2.05) is 91.9 Å². The highest BCUT2D eigenvalue weighted by Crippen LogP contribution is 2.23. The maximum absolute atomic E-state index is 14.1. The zero-order valence-corrected chi connectivity index (χ0v) is 30.5. The Morgan fingerprint density at radius 3 is 2.17 bits per heavy atom. The number of benzene rings is 4. The first kappa shape index (κ1) is 38.0. The number of methoxy groups -OCH3 is 1. The molecule has 5 rings (SSSR count). The van der Waals surface area contributed by atoms with Crippen LogP contribution in [0.15, 0.2) is 103 Å². The highest BCUT2D eigenvalue weighted by molar-refractivity contribution is 7.92. The van der Waals surface area contributed by atoms with Crippen LogP contribution in [-0.2, 0) is 27.8 Å². The third-order valence-corrected chi connectivity index (χ3v) is 10.4. The highest BCUT2D eigenvalue weighted by Gasteiger charge is 2.38. The number of nitrogens with one attached hydrogen (secondary N) is 3. The topological polar surface area (TPSA) is 157 Å². The summed E-state index contributed by atoms with van der Waals surface area (Å²) in [5.74, 6) is -0.828. The largest absolute Gasteiger partial charge is 0.497 e. The second kappa shape index (κ2) is 16.9. The summed E-state index contributed by atoms with van der Waals surface area (Å²) in [4.78, 5) is 43.1. The van der Waals surface area contributed by atoms with Crippen LogP contribution in [-0.4, -0.2) is 87.8 Å². The third kappa shape index (κ3) is 9.55. The predicted molar refractivity (Wildman–Crippen MR) is 200 cm³/mol. The standard InChI is InChI=1S/C39H45N5O7S/c1-26(29-15-9-6-10-16-29)41-37(46)30-22-31(24-32(23-30)43(2)52(4,49)50)38(47)42-34(21-27-12-7-5-8-13-27)36(45)35-39(48)44(19-18-40-35)25-28-14-11-17-33(20-28)51-3/h5-17,20,22-24,26,34-36,40,45H,18-19,21,25H2,1-4H3,(H,41,46)(H,42,47)/t26-,34+,35+,36+/m1/s1. The van der Waals surface area contributed by atoms with Gasteiger partial charge in [-0.2, -0.15) is 0 Å². The van der Waals surface area contributed by atoms with Crippen LogP contribution >= 0.6 is 0 Å². The quantitative estimate of drug-likeness (QED) is 0.154. The van der Waals surface area contributed by atoms with Gasteiger partial charge in [0.25, 0.3) is 11.8 Å². The molecule has 4 aromatic carbocycles. The minimum absolute atomic E-state index is 0.00152. The molecular weight excluding hydrogens is 683 g/mol. The van der Waals surface area contributed by atoms with Crippen LogP contribution in [0.25, 0.3) is 0 Å². The summed E-state index contributed by atoms with van der Waals surface area (Å²) in [6.45, 7) is 2.97. The highest BCUT2D eigenvalue weighted by atomic mass is 32.2. The number of anilines is 1. The molecule has 0 aliphatic carbocycles. The summed E-state index contributed by atoms with van der Waals surface area (Å²) in [7, 11) is -0.856. The van der Waals surface area contributed by atoms with Gasteiger partial charge in [0, 0.05) is 37.8 Å². The van der Waals surface area contributed by atoms with Crippen LogP contribution in [0.3, 0.4) is 0 Å². The Bertz CT molecular complexity index is 1980. The number of ether oxygens (including phenoxy) is 1. The van der Waals surface area contributed by atoms with Crippen molar-refractivity contribution in [1.29, 1.82) is 0 Å². The summed E-state index contributed by atoms with van der Waals surface area (Å²) < 4.78 is 31.4. The van der Waals surface area contributed by atoms with E-state index in [4.69, 9.17) is 4.74 Å². The number of aliphatic hydroxyl groups is 1. The van der Waals surface area contributed by atoms with Crippen molar-refractivity contribution in [3.8, 4) is 5.75 Å². The van der Waals surface area contributed by atoms with Gasteiger partial charge in [0.2, 0.25) is 15.9 Å². The van der Waals surface area contributed by atoms with E-state index >= 15 is 0 Å². The van der Waals surface area contributed by atoms with Crippen molar-refractivity contribution >= 4 is 33.4 Å². The Morgan fingerprint density at radius 2 is 1.54 bits per heavy atom. The fourth-order valence-corrected chi connectivity index (χ4v) is 6.61. The van der Waals surface area contributed by atoms with Gasteiger partial charge in [-0.15, -0.1) is 0 Å². The molecule has 0 bridgehead atoms. The average Bonchev–Trinajstić information content (AvgIpc) is 3.15. The Labute approximate surface area is 304 Å². The molecule has 0 radical (unpaired) electrons. The van der Waals surface area contributed by atoms with Gasteiger partial charge in [0.1, 0.15) is 11.8 Å². The van der Waals surface area contributed by atoms with E-state index in [2.05, 4.69) is 16.0 Å². The number of piperazine rings is 1. The molecule has 13 heteroatoms. The van der Waals surface area contributed by atoms with Gasteiger partial charge in [-0.1, -0.05) is 72.8 Å². The molecule has 1 aliphatic heterocycles. The van der Waals surface area contributed by atoms with E-state index < -0.39 is 40.0 Å². The van der Waals surface area contributed by atoms with Gasteiger partial charge < -0.3 is 30.7 Å². The fourth-order valence-electron chi connectivity index (χ4n) is 6.13. The van der Waals surface area contributed by atoms with Crippen LogP contribution in [0.4, 0.5) is 5.69 Å². The Morgan fingerprint density at radius 1 is 0.923 bits per heavy atom. The Hall–Kier alpha value is -5.24. The molecule has 4 atom stereocenters.